The summed E-state index contributed by atoms with van der Waals surface area (Å²) in [5.74, 6) is 0. The Hall–Kier alpha value is -2.74. The smallest absolute Gasteiger partial charge is 0.261 e. The van der Waals surface area contributed by atoms with Crippen LogP contribution < -0.4 is 4.72 Å². The summed E-state index contributed by atoms with van der Waals surface area (Å²) in [5.41, 5.74) is 2.14. The van der Waals surface area contributed by atoms with Crippen LogP contribution in [0.3, 0.4) is 0 Å². The molecule has 0 saturated heterocycles. The first-order valence-corrected chi connectivity index (χ1v) is 7.96. The number of nitrogens with zero attached hydrogens (tertiary/aromatic N) is 4. The summed E-state index contributed by atoms with van der Waals surface area (Å²) < 4.78 is 28.8. The SMILES string of the molecule is Cc1ccc(NS(=O)(=O)c2cccc(-n3cnnn3)c2)cc1. The Balaban J connectivity index is 1.92. The highest BCUT2D eigenvalue weighted by atomic mass is 32.2. The number of hydrogen-bond donors (Lipinski definition) is 1. The van der Waals surface area contributed by atoms with Crippen LogP contribution in [0.2, 0.25) is 0 Å². The second kappa shape index (κ2) is 5.57. The van der Waals surface area contributed by atoms with Crippen molar-refractivity contribution in [3.63, 3.8) is 0 Å². The van der Waals surface area contributed by atoms with Crippen molar-refractivity contribution < 1.29 is 8.42 Å². The van der Waals surface area contributed by atoms with E-state index in [1.165, 1.54) is 23.1 Å². The lowest BCUT2D eigenvalue weighted by Gasteiger charge is -2.09. The molecule has 0 saturated carbocycles. The molecule has 0 unspecified atom stereocenters. The lowest BCUT2D eigenvalue weighted by Crippen LogP contribution is -2.13. The van der Waals surface area contributed by atoms with Gasteiger partial charge >= 0.3 is 0 Å². The van der Waals surface area contributed by atoms with E-state index in [1.807, 2.05) is 19.1 Å². The van der Waals surface area contributed by atoms with Gasteiger partial charge in [-0.25, -0.2) is 13.1 Å². The highest BCUT2D eigenvalue weighted by molar-refractivity contribution is 7.92. The van der Waals surface area contributed by atoms with Gasteiger partial charge in [-0.3, -0.25) is 4.72 Å². The van der Waals surface area contributed by atoms with Crippen molar-refractivity contribution in [3.8, 4) is 5.69 Å². The van der Waals surface area contributed by atoms with Crippen molar-refractivity contribution in [3.05, 3.63) is 60.4 Å². The number of anilines is 1. The van der Waals surface area contributed by atoms with Gasteiger partial charge in [0.05, 0.1) is 10.6 Å². The third kappa shape index (κ3) is 2.96. The maximum atomic E-state index is 12.4. The summed E-state index contributed by atoms with van der Waals surface area (Å²) in [4.78, 5) is 0.140. The Morgan fingerprint density at radius 2 is 1.86 bits per heavy atom. The normalized spacial score (nSPS) is 11.3. The fourth-order valence-corrected chi connectivity index (χ4v) is 3.01. The summed E-state index contributed by atoms with van der Waals surface area (Å²) in [6, 6.07) is 13.5. The van der Waals surface area contributed by atoms with Crippen molar-refractivity contribution in [1.82, 2.24) is 20.2 Å². The second-order valence-corrected chi connectivity index (χ2v) is 6.41. The monoisotopic (exact) mass is 315 g/mol. The molecule has 0 aliphatic rings. The Bertz CT molecular complexity index is 874. The molecule has 0 aliphatic heterocycles. The topological polar surface area (TPSA) is 89.8 Å². The third-order valence-corrected chi connectivity index (χ3v) is 4.42. The highest BCUT2D eigenvalue weighted by Crippen LogP contribution is 2.18. The van der Waals surface area contributed by atoms with E-state index in [1.54, 1.807) is 24.3 Å². The van der Waals surface area contributed by atoms with E-state index >= 15 is 0 Å². The molecule has 0 bridgehead atoms. The number of sulfonamides is 1. The standard InChI is InChI=1S/C14H13N5O2S/c1-11-5-7-12(8-6-11)16-22(20,21)14-4-2-3-13(9-14)19-10-15-17-18-19/h2-10,16H,1H3. The number of nitrogens with one attached hydrogen (secondary N) is 1. The predicted molar refractivity (Wildman–Crippen MR) is 81.1 cm³/mol. The van der Waals surface area contributed by atoms with Gasteiger partial charge in [-0.05, 0) is 47.7 Å². The Morgan fingerprint density at radius 3 is 2.55 bits per heavy atom. The van der Waals surface area contributed by atoms with Crippen LogP contribution in [0.15, 0.2) is 59.8 Å². The minimum atomic E-state index is -3.67. The molecule has 1 aromatic heterocycles. The molecule has 0 radical (unpaired) electrons. The molecule has 8 heteroatoms. The minimum Gasteiger partial charge on any atom is -0.280 e. The van der Waals surface area contributed by atoms with E-state index in [0.29, 0.717) is 11.4 Å². The van der Waals surface area contributed by atoms with Gasteiger partial charge < -0.3 is 0 Å². The maximum Gasteiger partial charge on any atom is 0.261 e. The van der Waals surface area contributed by atoms with E-state index in [-0.39, 0.29) is 4.90 Å². The molecule has 3 aromatic rings. The Kier molecular flexibility index (Phi) is 3.60. The van der Waals surface area contributed by atoms with Gasteiger partial charge in [-0.2, -0.15) is 0 Å². The molecule has 0 aliphatic carbocycles. The summed E-state index contributed by atoms with van der Waals surface area (Å²) in [7, 11) is -3.67. The second-order valence-electron chi connectivity index (χ2n) is 4.72. The van der Waals surface area contributed by atoms with Gasteiger partial charge in [0.1, 0.15) is 6.33 Å². The maximum absolute atomic E-state index is 12.4. The van der Waals surface area contributed by atoms with Crippen molar-refractivity contribution in [1.29, 1.82) is 0 Å². The van der Waals surface area contributed by atoms with Gasteiger partial charge in [0.2, 0.25) is 0 Å². The van der Waals surface area contributed by atoms with Gasteiger partial charge in [0, 0.05) is 5.69 Å². The summed E-state index contributed by atoms with van der Waals surface area (Å²) >= 11 is 0. The zero-order valence-electron chi connectivity index (χ0n) is 11.7. The number of aryl methyl sites for hydroxylation is 1. The molecule has 3 rings (SSSR count). The van der Waals surface area contributed by atoms with Crippen LogP contribution in [0.25, 0.3) is 5.69 Å². The Labute approximate surface area is 127 Å². The molecule has 1 N–H and O–H groups in total. The van der Waals surface area contributed by atoms with E-state index < -0.39 is 10.0 Å². The fourth-order valence-electron chi connectivity index (χ4n) is 1.91. The van der Waals surface area contributed by atoms with Crippen LogP contribution in [-0.4, -0.2) is 28.6 Å². The van der Waals surface area contributed by atoms with Gasteiger partial charge in [-0.15, -0.1) is 5.10 Å². The number of aromatic nitrogens is 4. The average molecular weight is 315 g/mol. The zero-order chi connectivity index (χ0) is 15.6. The molecule has 22 heavy (non-hydrogen) atoms. The molecule has 0 spiro atoms. The zero-order valence-corrected chi connectivity index (χ0v) is 12.5. The van der Waals surface area contributed by atoms with Crippen molar-refractivity contribution in [2.75, 3.05) is 4.72 Å². The first-order valence-electron chi connectivity index (χ1n) is 6.47. The quantitative estimate of drug-likeness (QED) is 0.792. The molecule has 112 valence electrons. The van der Waals surface area contributed by atoms with Gasteiger partial charge in [0.25, 0.3) is 10.0 Å². The first-order chi connectivity index (χ1) is 10.5. The molecule has 2 aromatic carbocycles. The van der Waals surface area contributed by atoms with Gasteiger partial charge in [-0.1, -0.05) is 23.8 Å². The van der Waals surface area contributed by atoms with Crippen molar-refractivity contribution >= 4 is 15.7 Å². The highest BCUT2D eigenvalue weighted by Gasteiger charge is 2.15. The molecule has 0 amide bonds. The lowest BCUT2D eigenvalue weighted by molar-refractivity contribution is 0.601. The van der Waals surface area contributed by atoms with Crippen LogP contribution >= 0.6 is 0 Å². The van der Waals surface area contributed by atoms with Crippen molar-refractivity contribution in [2.24, 2.45) is 0 Å². The average Bonchev–Trinajstić information content (AvgIpc) is 3.04. The summed E-state index contributed by atoms with van der Waals surface area (Å²) in [6.07, 6.45) is 1.40. The fraction of sp³-hybridized carbons (Fsp3) is 0.0714. The minimum absolute atomic E-state index is 0.140. The number of benzene rings is 2. The van der Waals surface area contributed by atoms with E-state index in [0.717, 1.165) is 5.56 Å². The molecule has 1 heterocycles. The number of hydrogen-bond acceptors (Lipinski definition) is 5. The first kappa shape index (κ1) is 14.2. The van der Waals surface area contributed by atoms with E-state index in [2.05, 4.69) is 20.2 Å². The van der Waals surface area contributed by atoms with Crippen LogP contribution in [0.4, 0.5) is 5.69 Å². The summed E-state index contributed by atoms with van der Waals surface area (Å²) in [5, 5.41) is 10.8. The van der Waals surface area contributed by atoms with E-state index in [4.69, 9.17) is 0 Å². The largest absolute Gasteiger partial charge is 0.280 e. The number of tetrazole rings is 1. The summed E-state index contributed by atoms with van der Waals surface area (Å²) in [6.45, 7) is 1.94. The molecular weight excluding hydrogens is 302 g/mol. The predicted octanol–water partition coefficient (Wildman–Crippen LogP) is 1.77. The van der Waals surface area contributed by atoms with Crippen LogP contribution in [-0.2, 0) is 10.0 Å². The molecule has 0 fully saturated rings. The van der Waals surface area contributed by atoms with Gasteiger partial charge in [0.15, 0.2) is 0 Å². The molecular formula is C14H13N5O2S. The Morgan fingerprint density at radius 1 is 1.09 bits per heavy atom. The van der Waals surface area contributed by atoms with Crippen molar-refractivity contribution in [2.45, 2.75) is 11.8 Å². The van der Waals surface area contributed by atoms with Crippen LogP contribution in [0, 0.1) is 6.92 Å². The third-order valence-electron chi connectivity index (χ3n) is 3.05. The van der Waals surface area contributed by atoms with Crippen LogP contribution in [0.1, 0.15) is 5.56 Å². The van der Waals surface area contributed by atoms with E-state index in [9.17, 15) is 8.42 Å². The lowest BCUT2D eigenvalue weighted by atomic mass is 10.2. The molecule has 7 nitrogen and oxygen atoms in total. The molecule has 0 atom stereocenters. The number of rotatable bonds is 4. The van der Waals surface area contributed by atoms with Crippen LogP contribution in [0.5, 0.6) is 0 Å².